The Morgan fingerprint density at radius 1 is 1.19 bits per heavy atom. The number of carbonyl (C=O) groups is 1. The van der Waals surface area contributed by atoms with Crippen molar-refractivity contribution in [2.24, 2.45) is 0 Å². The number of methoxy groups -OCH3 is 1. The second kappa shape index (κ2) is 9.20. The molecule has 6 nitrogen and oxygen atoms in total. The fourth-order valence-corrected chi connectivity index (χ4v) is 2.66. The normalized spacial score (nSPS) is 12.0. The van der Waals surface area contributed by atoms with E-state index in [-0.39, 0.29) is 17.5 Å². The third kappa shape index (κ3) is 5.46. The molecular weight excluding hydrogens is 330 g/mol. The van der Waals surface area contributed by atoms with Crippen molar-refractivity contribution in [3.63, 3.8) is 0 Å². The zero-order valence-electron chi connectivity index (χ0n) is 15.9. The van der Waals surface area contributed by atoms with Crippen LogP contribution in [0.1, 0.15) is 30.1 Å². The van der Waals surface area contributed by atoms with Crippen LogP contribution in [0.5, 0.6) is 5.75 Å². The number of hydrogen-bond donors (Lipinski definition) is 1. The fraction of sp³-hybridized carbons (Fsp3) is 0.400. The van der Waals surface area contributed by atoms with E-state index in [0.717, 1.165) is 19.4 Å². The van der Waals surface area contributed by atoms with Crippen molar-refractivity contribution < 1.29 is 9.53 Å². The molecule has 2 rings (SSSR count). The quantitative estimate of drug-likeness (QED) is 0.787. The molecule has 0 saturated heterocycles. The molecule has 1 heterocycles. The Morgan fingerprint density at radius 2 is 1.88 bits per heavy atom. The highest BCUT2D eigenvalue weighted by Crippen LogP contribution is 2.14. The molecule has 0 aliphatic carbocycles. The molecule has 1 aromatic carbocycles. The van der Waals surface area contributed by atoms with Crippen LogP contribution < -0.4 is 15.6 Å². The van der Waals surface area contributed by atoms with Gasteiger partial charge in [0.15, 0.2) is 0 Å². The molecule has 1 aromatic heterocycles. The Labute approximate surface area is 154 Å². The number of hydrogen-bond acceptors (Lipinski definition) is 4. The van der Waals surface area contributed by atoms with E-state index in [9.17, 15) is 9.59 Å². The largest absolute Gasteiger partial charge is 0.497 e. The number of nitrogens with one attached hydrogen (secondary N) is 1. The Kier molecular flexibility index (Phi) is 6.97. The van der Waals surface area contributed by atoms with Gasteiger partial charge in [0, 0.05) is 24.0 Å². The van der Waals surface area contributed by atoms with E-state index in [1.807, 2.05) is 21.0 Å². The molecule has 0 fully saturated rings. The zero-order chi connectivity index (χ0) is 19.1. The molecule has 1 amide bonds. The maximum Gasteiger partial charge on any atom is 0.255 e. The van der Waals surface area contributed by atoms with Crippen LogP contribution in [0.25, 0.3) is 5.69 Å². The van der Waals surface area contributed by atoms with E-state index >= 15 is 0 Å². The van der Waals surface area contributed by atoms with Crippen LogP contribution in [0.15, 0.2) is 47.4 Å². The van der Waals surface area contributed by atoms with Gasteiger partial charge in [-0.25, -0.2) is 0 Å². The summed E-state index contributed by atoms with van der Waals surface area (Å²) in [5.41, 5.74) is 0.954. The van der Waals surface area contributed by atoms with Crippen molar-refractivity contribution in [2.45, 2.75) is 25.8 Å². The monoisotopic (exact) mass is 357 g/mol. The fourth-order valence-electron chi connectivity index (χ4n) is 2.66. The van der Waals surface area contributed by atoms with Crippen LogP contribution >= 0.6 is 0 Å². The highest BCUT2D eigenvalue weighted by molar-refractivity contribution is 5.94. The summed E-state index contributed by atoms with van der Waals surface area (Å²) in [6, 6.07) is 10.2. The summed E-state index contributed by atoms with van der Waals surface area (Å²) in [5.74, 6) is 0.534. The maximum atomic E-state index is 12.5. The van der Waals surface area contributed by atoms with Crippen molar-refractivity contribution in [1.29, 1.82) is 0 Å². The summed E-state index contributed by atoms with van der Waals surface area (Å²) >= 11 is 0. The molecule has 0 bridgehead atoms. The second-order valence-corrected chi connectivity index (χ2v) is 6.64. The molecule has 0 spiro atoms. The molecule has 0 aliphatic rings. The predicted octanol–water partition coefficient (Wildman–Crippen LogP) is 2.31. The van der Waals surface area contributed by atoms with E-state index in [1.54, 1.807) is 43.6 Å². The van der Waals surface area contributed by atoms with Gasteiger partial charge in [0.05, 0.1) is 12.7 Å². The topological polar surface area (TPSA) is 63.6 Å². The number of amides is 1. The van der Waals surface area contributed by atoms with Crippen LogP contribution in [0, 0.1) is 0 Å². The lowest BCUT2D eigenvalue weighted by molar-refractivity contribution is 0.0937. The number of carbonyl (C=O) groups excluding carboxylic acids is 1. The van der Waals surface area contributed by atoms with E-state index in [1.165, 1.54) is 10.6 Å². The Bertz CT molecular complexity index is 782. The lowest BCUT2D eigenvalue weighted by atomic mass is 10.1. The maximum absolute atomic E-state index is 12.5. The zero-order valence-corrected chi connectivity index (χ0v) is 15.9. The van der Waals surface area contributed by atoms with Gasteiger partial charge in [0.1, 0.15) is 5.75 Å². The van der Waals surface area contributed by atoms with E-state index in [4.69, 9.17) is 4.74 Å². The molecule has 1 N–H and O–H groups in total. The molecule has 0 saturated carbocycles. The van der Waals surface area contributed by atoms with Crippen LogP contribution in [0.2, 0.25) is 0 Å². The van der Waals surface area contributed by atoms with Gasteiger partial charge in [-0.05, 0) is 70.7 Å². The number of nitrogens with zero attached hydrogens (tertiary/aromatic N) is 2. The van der Waals surface area contributed by atoms with Crippen molar-refractivity contribution in [3.05, 3.63) is 58.5 Å². The summed E-state index contributed by atoms with van der Waals surface area (Å²) in [4.78, 5) is 26.8. The van der Waals surface area contributed by atoms with Crippen LogP contribution in [0.4, 0.5) is 0 Å². The summed E-state index contributed by atoms with van der Waals surface area (Å²) in [5, 5.41) is 2.99. The van der Waals surface area contributed by atoms with Crippen LogP contribution in [0.3, 0.4) is 0 Å². The van der Waals surface area contributed by atoms with Gasteiger partial charge in [-0.1, -0.05) is 0 Å². The first-order valence-electron chi connectivity index (χ1n) is 8.73. The van der Waals surface area contributed by atoms with Gasteiger partial charge in [0.2, 0.25) is 0 Å². The third-order valence-electron chi connectivity index (χ3n) is 4.14. The third-order valence-corrected chi connectivity index (χ3v) is 4.14. The molecule has 0 radical (unpaired) electrons. The number of ether oxygens (including phenoxy) is 1. The smallest absolute Gasteiger partial charge is 0.255 e. The van der Waals surface area contributed by atoms with E-state index in [0.29, 0.717) is 17.0 Å². The molecular formula is C20H27N3O3. The highest BCUT2D eigenvalue weighted by atomic mass is 16.5. The second-order valence-electron chi connectivity index (χ2n) is 6.64. The van der Waals surface area contributed by atoms with Crippen LogP contribution in [-0.4, -0.2) is 49.2 Å². The lowest BCUT2D eigenvalue weighted by Crippen LogP contribution is -2.34. The molecule has 0 aliphatic heterocycles. The minimum atomic E-state index is -0.189. The number of rotatable bonds is 8. The van der Waals surface area contributed by atoms with Gasteiger partial charge in [-0.15, -0.1) is 0 Å². The molecule has 6 heteroatoms. The van der Waals surface area contributed by atoms with E-state index in [2.05, 4.69) is 10.2 Å². The molecule has 2 aromatic rings. The average molecular weight is 357 g/mol. The molecule has 1 atom stereocenters. The molecule has 140 valence electrons. The standard InChI is InChI=1S/C20H27N3O3/c1-15(6-5-13-22(2)3)21-20(25)16-7-12-19(24)23(14-16)17-8-10-18(26-4)11-9-17/h7-12,14-15H,5-6,13H2,1-4H3,(H,21,25). The van der Waals surface area contributed by atoms with Gasteiger partial charge in [0.25, 0.3) is 11.5 Å². The van der Waals surface area contributed by atoms with Crippen LogP contribution in [-0.2, 0) is 0 Å². The predicted molar refractivity (Wildman–Crippen MR) is 103 cm³/mol. The lowest BCUT2D eigenvalue weighted by Gasteiger charge is -2.16. The first-order chi connectivity index (χ1) is 12.4. The van der Waals surface area contributed by atoms with Crippen molar-refractivity contribution in [3.8, 4) is 11.4 Å². The van der Waals surface area contributed by atoms with E-state index < -0.39 is 0 Å². The Balaban J connectivity index is 2.10. The van der Waals surface area contributed by atoms with Gasteiger partial charge < -0.3 is 15.0 Å². The van der Waals surface area contributed by atoms with Gasteiger partial charge in [-0.2, -0.15) is 0 Å². The van der Waals surface area contributed by atoms with Crippen molar-refractivity contribution in [1.82, 2.24) is 14.8 Å². The summed E-state index contributed by atoms with van der Waals surface area (Å²) in [6.45, 7) is 2.98. The average Bonchev–Trinajstić information content (AvgIpc) is 2.61. The Morgan fingerprint density at radius 3 is 2.50 bits per heavy atom. The summed E-state index contributed by atoms with van der Waals surface area (Å²) in [7, 11) is 5.66. The highest BCUT2D eigenvalue weighted by Gasteiger charge is 2.12. The van der Waals surface area contributed by atoms with Crippen molar-refractivity contribution >= 4 is 5.91 Å². The number of benzene rings is 1. The number of aromatic nitrogens is 1. The minimum absolute atomic E-state index is 0.0730. The molecule has 26 heavy (non-hydrogen) atoms. The summed E-state index contributed by atoms with van der Waals surface area (Å²) < 4.78 is 6.60. The number of pyridine rings is 1. The van der Waals surface area contributed by atoms with Crippen molar-refractivity contribution in [2.75, 3.05) is 27.7 Å². The summed E-state index contributed by atoms with van der Waals surface area (Å²) in [6.07, 6.45) is 3.49. The first-order valence-corrected chi connectivity index (χ1v) is 8.73. The SMILES string of the molecule is COc1ccc(-n2cc(C(=O)NC(C)CCCN(C)C)ccc2=O)cc1. The minimum Gasteiger partial charge on any atom is -0.497 e. The Hall–Kier alpha value is -2.60. The van der Waals surface area contributed by atoms with Gasteiger partial charge >= 0.3 is 0 Å². The first kappa shape index (κ1) is 19.7. The van der Waals surface area contributed by atoms with Gasteiger partial charge in [-0.3, -0.25) is 14.2 Å². The molecule has 1 unspecified atom stereocenters.